The van der Waals surface area contributed by atoms with E-state index in [1.165, 1.54) is 0 Å². The third kappa shape index (κ3) is 2.64. The summed E-state index contributed by atoms with van der Waals surface area (Å²) in [5.74, 6) is 5.50. The molecule has 0 aliphatic heterocycles. The first-order valence-corrected chi connectivity index (χ1v) is 6.09. The lowest BCUT2D eigenvalue weighted by molar-refractivity contribution is -0.122. The van der Waals surface area contributed by atoms with Crippen molar-refractivity contribution in [3.05, 3.63) is 23.5 Å². The number of rotatable bonds is 6. The van der Waals surface area contributed by atoms with Gasteiger partial charge in [-0.2, -0.15) is 0 Å². The van der Waals surface area contributed by atoms with Gasteiger partial charge >= 0.3 is 0 Å². The average molecular weight is 256 g/mol. The van der Waals surface area contributed by atoms with Crippen molar-refractivity contribution in [2.24, 2.45) is 5.84 Å². The van der Waals surface area contributed by atoms with Crippen LogP contribution in [-0.4, -0.2) is 35.9 Å². The third-order valence-electron chi connectivity index (χ3n) is 2.58. The average Bonchev–Trinajstić information content (AvgIpc) is 2.89. The van der Waals surface area contributed by atoms with E-state index in [0.29, 0.717) is 6.42 Å². The van der Waals surface area contributed by atoms with Gasteiger partial charge in [0.25, 0.3) is 0 Å². The van der Waals surface area contributed by atoms with Crippen LogP contribution >= 0.6 is 11.3 Å². The number of hydrogen-bond acceptors (Lipinski definition) is 6. The molecule has 0 aliphatic rings. The molecular formula is C10H16N4O2S. The molecule has 7 heteroatoms. The number of thiazole rings is 1. The van der Waals surface area contributed by atoms with Crippen molar-refractivity contribution in [3.8, 4) is 0 Å². The zero-order chi connectivity index (χ0) is 12.3. The molecule has 2 aromatic heterocycles. The highest BCUT2D eigenvalue weighted by Crippen LogP contribution is 2.14. The molecule has 0 radical (unpaired) electrons. The summed E-state index contributed by atoms with van der Waals surface area (Å²) >= 11 is 1.60. The van der Waals surface area contributed by atoms with Gasteiger partial charge in [-0.05, 0) is 0 Å². The fourth-order valence-corrected chi connectivity index (χ4v) is 2.48. The second kappa shape index (κ2) is 5.56. The zero-order valence-electron chi connectivity index (χ0n) is 9.79. The summed E-state index contributed by atoms with van der Waals surface area (Å²) in [6.07, 6.45) is 4.22. The van der Waals surface area contributed by atoms with E-state index in [-0.39, 0.29) is 12.3 Å². The van der Waals surface area contributed by atoms with E-state index in [1.807, 2.05) is 22.2 Å². The molecule has 3 N–H and O–H groups in total. The molecule has 0 saturated heterocycles. The maximum atomic E-state index is 5.50. The number of nitrogens with zero attached hydrogens (tertiary/aromatic N) is 2. The van der Waals surface area contributed by atoms with Crippen LogP contribution in [0.5, 0.6) is 0 Å². The Morgan fingerprint density at radius 3 is 2.88 bits per heavy atom. The fraction of sp³-hybridized carbons (Fsp3) is 0.500. The smallest absolute Gasteiger partial charge is 0.193 e. The minimum atomic E-state index is -0.389. The van der Waals surface area contributed by atoms with Crippen LogP contribution in [0.2, 0.25) is 0 Å². The minimum absolute atomic E-state index is 0.130. The minimum Gasteiger partial charge on any atom is -0.354 e. The molecule has 6 nitrogen and oxygen atoms in total. The highest BCUT2D eigenvalue weighted by Gasteiger charge is 2.21. The molecule has 2 aromatic rings. The van der Waals surface area contributed by atoms with Crippen LogP contribution < -0.4 is 11.3 Å². The highest BCUT2D eigenvalue weighted by atomic mass is 32.1. The summed E-state index contributed by atoms with van der Waals surface area (Å²) in [5, 5.41) is 2.00. The van der Waals surface area contributed by atoms with Crippen LogP contribution in [0.25, 0.3) is 4.96 Å². The normalized spacial score (nSPS) is 13.6. The molecule has 0 amide bonds. The molecule has 0 fully saturated rings. The van der Waals surface area contributed by atoms with Gasteiger partial charge in [-0.1, -0.05) is 0 Å². The van der Waals surface area contributed by atoms with Gasteiger partial charge in [0.15, 0.2) is 11.3 Å². The van der Waals surface area contributed by atoms with E-state index in [0.717, 1.165) is 10.7 Å². The maximum absolute atomic E-state index is 5.50. The lowest BCUT2D eigenvalue weighted by atomic mass is 10.1. The predicted molar refractivity (Wildman–Crippen MR) is 65.7 cm³/mol. The second-order valence-corrected chi connectivity index (χ2v) is 4.52. The van der Waals surface area contributed by atoms with Crippen LogP contribution in [0.1, 0.15) is 5.69 Å². The van der Waals surface area contributed by atoms with Gasteiger partial charge < -0.3 is 9.47 Å². The summed E-state index contributed by atoms with van der Waals surface area (Å²) in [6.45, 7) is 0. The van der Waals surface area contributed by atoms with Crippen LogP contribution in [0.4, 0.5) is 0 Å². The summed E-state index contributed by atoms with van der Waals surface area (Å²) in [7, 11) is 3.18. The number of imidazole rings is 1. The Labute approximate surface area is 103 Å². The molecule has 94 valence electrons. The summed E-state index contributed by atoms with van der Waals surface area (Å²) in [4.78, 5) is 5.46. The van der Waals surface area contributed by atoms with Gasteiger partial charge in [-0.25, -0.2) is 4.98 Å². The predicted octanol–water partition coefficient (Wildman–Crippen LogP) is 0.389. The molecule has 0 bridgehead atoms. The van der Waals surface area contributed by atoms with Crippen molar-refractivity contribution in [1.29, 1.82) is 0 Å². The van der Waals surface area contributed by atoms with E-state index < -0.39 is 0 Å². The van der Waals surface area contributed by atoms with Crippen molar-refractivity contribution >= 4 is 16.3 Å². The number of nitrogens with one attached hydrogen (secondary N) is 1. The number of fused-ring (bicyclic) bond motifs is 1. The molecule has 0 spiro atoms. The molecule has 1 atom stereocenters. The Morgan fingerprint density at radius 1 is 1.53 bits per heavy atom. The quantitative estimate of drug-likeness (QED) is 0.444. The van der Waals surface area contributed by atoms with Gasteiger partial charge in [0.1, 0.15) is 0 Å². The first-order valence-electron chi connectivity index (χ1n) is 5.21. The Kier molecular flexibility index (Phi) is 4.08. The van der Waals surface area contributed by atoms with E-state index in [4.69, 9.17) is 15.3 Å². The molecule has 2 rings (SSSR count). The molecule has 0 saturated carbocycles. The van der Waals surface area contributed by atoms with Crippen molar-refractivity contribution in [1.82, 2.24) is 14.8 Å². The van der Waals surface area contributed by atoms with Crippen molar-refractivity contribution in [2.75, 3.05) is 14.2 Å². The van der Waals surface area contributed by atoms with Crippen molar-refractivity contribution in [3.63, 3.8) is 0 Å². The van der Waals surface area contributed by atoms with E-state index in [1.54, 1.807) is 25.6 Å². The molecular weight excluding hydrogens is 240 g/mol. The highest BCUT2D eigenvalue weighted by molar-refractivity contribution is 7.15. The number of nitrogens with two attached hydrogens (primary N) is 1. The van der Waals surface area contributed by atoms with Gasteiger partial charge in [-0.3, -0.25) is 15.7 Å². The number of aromatic nitrogens is 2. The Balaban J connectivity index is 2.10. The zero-order valence-corrected chi connectivity index (χ0v) is 10.6. The fourth-order valence-electron chi connectivity index (χ4n) is 1.76. The van der Waals surface area contributed by atoms with Crippen molar-refractivity contribution in [2.45, 2.75) is 18.8 Å². The van der Waals surface area contributed by atoms with Gasteiger partial charge in [0, 0.05) is 38.4 Å². The Bertz CT molecular complexity index is 437. The first kappa shape index (κ1) is 12.5. The molecule has 0 aromatic carbocycles. The van der Waals surface area contributed by atoms with Crippen LogP contribution in [0, 0.1) is 0 Å². The van der Waals surface area contributed by atoms with Gasteiger partial charge in [0.05, 0.1) is 11.7 Å². The van der Waals surface area contributed by atoms with Gasteiger partial charge in [0.2, 0.25) is 0 Å². The Morgan fingerprint density at radius 2 is 2.29 bits per heavy atom. The van der Waals surface area contributed by atoms with E-state index in [9.17, 15) is 0 Å². The molecule has 2 heterocycles. The first-order chi connectivity index (χ1) is 8.28. The van der Waals surface area contributed by atoms with Crippen molar-refractivity contribution < 1.29 is 9.47 Å². The molecule has 17 heavy (non-hydrogen) atoms. The number of ether oxygens (including phenoxy) is 2. The van der Waals surface area contributed by atoms with Crippen LogP contribution in [-0.2, 0) is 15.9 Å². The van der Waals surface area contributed by atoms with Crippen LogP contribution in [0.15, 0.2) is 17.8 Å². The Hall–Kier alpha value is -0.990. The number of hydrazine groups is 1. The number of methoxy groups -OCH3 is 2. The second-order valence-electron chi connectivity index (χ2n) is 3.64. The summed E-state index contributed by atoms with van der Waals surface area (Å²) in [5.41, 5.74) is 3.65. The lowest BCUT2D eigenvalue weighted by Crippen LogP contribution is -2.47. The largest absolute Gasteiger partial charge is 0.354 e. The van der Waals surface area contributed by atoms with Crippen LogP contribution in [0.3, 0.4) is 0 Å². The topological polar surface area (TPSA) is 73.8 Å². The lowest BCUT2D eigenvalue weighted by Gasteiger charge is -2.23. The summed E-state index contributed by atoms with van der Waals surface area (Å²) < 4.78 is 12.4. The molecule has 0 aliphatic carbocycles. The standard InChI is InChI=1S/C10H16N4O2S/c1-15-9(16-2)8(13-11)5-7-6-14-3-4-17-10(14)12-7/h3-4,6,8-9,13H,5,11H2,1-2H3. The van der Waals surface area contributed by atoms with E-state index >= 15 is 0 Å². The molecule has 1 unspecified atom stereocenters. The van der Waals surface area contributed by atoms with Gasteiger partial charge in [-0.15, -0.1) is 11.3 Å². The number of hydrogen-bond donors (Lipinski definition) is 2. The SMILES string of the molecule is COC(OC)C(Cc1cn2ccsc2n1)NN. The third-order valence-corrected chi connectivity index (χ3v) is 3.35. The van der Waals surface area contributed by atoms with E-state index in [2.05, 4.69) is 10.4 Å². The maximum Gasteiger partial charge on any atom is 0.193 e. The monoisotopic (exact) mass is 256 g/mol. The summed E-state index contributed by atoms with van der Waals surface area (Å²) in [6, 6.07) is -0.130.